The highest BCUT2D eigenvalue weighted by Gasteiger charge is 2.43. The SMILES string of the molecule is CC(Nc1nccc([N+]2(NC(=O)Nc3ccccc3)C=Nc3ccccc32)n1)c1ccccc1. The van der Waals surface area contributed by atoms with Crippen LogP contribution in [0, 0.1) is 0 Å². The lowest BCUT2D eigenvalue weighted by Gasteiger charge is -2.28. The Morgan fingerprint density at radius 3 is 2.38 bits per heavy atom. The van der Waals surface area contributed by atoms with Gasteiger partial charge in [0.2, 0.25) is 12.3 Å². The number of aliphatic imine (C=N–C) groups is 1. The molecule has 8 heteroatoms. The van der Waals surface area contributed by atoms with E-state index in [2.05, 4.69) is 38.2 Å². The van der Waals surface area contributed by atoms with E-state index in [0.29, 0.717) is 17.5 Å². The highest BCUT2D eigenvalue weighted by Crippen LogP contribution is 2.41. The molecule has 0 fully saturated rings. The summed E-state index contributed by atoms with van der Waals surface area (Å²) in [6.45, 7) is 2.05. The number of amides is 2. The molecular weight excluding hydrogens is 426 g/mol. The summed E-state index contributed by atoms with van der Waals surface area (Å²) in [4.78, 5) is 26.8. The molecule has 0 bridgehead atoms. The Morgan fingerprint density at radius 1 is 0.882 bits per heavy atom. The second-order valence-electron chi connectivity index (χ2n) is 7.90. The van der Waals surface area contributed by atoms with Gasteiger partial charge in [0.25, 0.3) is 5.82 Å². The second-order valence-corrected chi connectivity index (χ2v) is 7.90. The summed E-state index contributed by atoms with van der Waals surface area (Å²) >= 11 is 0. The Labute approximate surface area is 197 Å². The third-order valence-corrected chi connectivity index (χ3v) is 5.59. The molecule has 5 rings (SSSR count). The van der Waals surface area contributed by atoms with Gasteiger partial charge in [-0.3, -0.25) is 0 Å². The molecule has 34 heavy (non-hydrogen) atoms. The van der Waals surface area contributed by atoms with Crippen molar-refractivity contribution in [2.24, 2.45) is 4.99 Å². The van der Waals surface area contributed by atoms with E-state index in [-0.39, 0.29) is 16.7 Å². The number of anilines is 2. The Morgan fingerprint density at radius 2 is 1.59 bits per heavy atom. The van der Waals surface area contributed by atoms with Crippen LogP contribution in [0.3, 0.4) is 0 Å². The zero-order valence-corrected chi connectivity index (χ0v) is 18.6. The summed E-state index contributed by atoms with van der Waals surface area (Å²) in [5, 5.41) is 6.23. The zero-order valence-electron chi connectivity index (χ0n) is 18.6. The molecule has 1 aliphatic rings. The molecule has 2 unspecified atom stereocenters. The standard InChI is InChI=1S/C26H23N7O/c1-19(20-10-4-2-5-11-20)29-25-27-17-16-24(31-25)33(18-28-22-14-8-9-15-23(22)33)32-26(34)30-21-12-6-3-7-13-21/h2-19H,1H3,(H2-,27,29,30,31,32,34)/p+1. The molecule has 3 N–H and O–H groups in total. The molecule has 168 valence electrons. The Balaban J connectivity index is 1.48. The highest BCUT2D eigenvalue weighted by molar-refractivity contribution is 5.99. The molecule has 4 aromatic rings. The number of urea groups is 1. The van der Waals surface area contributed by atoms with Crippen LogP contribution in [-0.4, -0.2) is 22.3 Å². The Kier molecular flexibility index (Phi) is 5.72. The Bertz CT molecular complexity index is 1330. The summed E-state index contributed by atoms with van der Waals surface area (Å²) in [6.07, 6.45) is 3.34. The molecule has 2 amide bonds. The zero-order chi connectivity index (χ0) is 23.4. The third kappa shape index (κ3) is 4.22. The fourth-order valence-corrected chi connectivity index (χ4v) is 3.89. The largest absolute Gasteiger partial charge is 0.364 e. The van der Waals surface area contributed by atoms with Gasteiger partial charge in [0, 0.05) is 24.0 Å². The number of benzene rings is 3. The molecule has 0 saturated carbocycles. The van der Waals surface area contributed by atoms with Crippen molar-refractivity contribution in [1.29, 1.82) is 0 Å². The number of nitrogens with zero attached hydrogens (tertiary/aromatic N) is 4. The molecule has 0 radical (unpaired) electrons. The first kappa shape index (κ1) is 21.3. The number of para-hydroxylation sites is 3. The molecule has 8 nitrogen and oxygen atoms in total. The van der Waals surface area contributed by atoms with E-state index in [1.807, 2.05) is 79.7 Å². The predicted molar refractivity (Wildman–Crippen MR) is 135 cm³/mol. The predicted octanol–water partition coefficient (Wildman–Crippen LogP) is 5.70. The van der Waals surface area contributed by atoms with Crippen molar-refractivity contribution in [2.75, 3.05) is 10.6 Å². The number of rotatable bonds is 6. The number of aromatic nitrogens is 2. The van der Waals surface area contributed by atoms with Gasteiger partial charge < -0.3 is 10.6 Å². The Hall–Kier alpha value is -4.56. The van der Waals surface area contributed by atoms with Crippen molar-refractivity contribution in [3.63, 3.8) is 0 Å². The number of hydrogen-bond donors (Lipinski definition) is 3. The van der Waals surface area contributed by atoms with Crippen LogP contribution in [-0.2, 0) is 0 Å². The number of quaternary nitrogens is 1. The number of carbonyl (C=O) groups is 1. The average Bonchev–Trinajstić information content (AvgIpc) is 3.25. The topological polar surface area (TPSA) is 91.3 Å². The van der Waals surface area contributed by atoms with Gasteiger partial charge in [-0.15, -0.1) is 0 Å². The first-order valence-electron chi connectivity index (χ1n) is 11.0. The van der Waals surface area contributed by atoms with Gasteiger partial charge in [0.05, 0.1) is 6.04 Å². The number of fused-ring (bicyclic) bond motifs is 1. The van der Waals surface area contributed by atoms with Crippen molar-refractivity contribution >= 4 is 41.2 Å². The van der Waals surface area contributed by atoms with Gasteiger partial charge in [-0.25, -0.2) is 9.78 Å². The normalized spacial score (nSPS) is 17.0. The van der Waals surface area contributed by atoms with Gasteiger partial charge in [0.15, 0.2) is 5.69 Å². The van der Waals surface area contributed by atoms with Crippen LogP contribution in [0.1, 0.15) is 18.5 Å². The fraction of sp³-hybridized carbons (Fsp3) is 0.0769. The van der Waals surface area contributed by atoms with Crippen LogP contribution in [0.2, 0.25) is 0 Å². The average molecular weight is 451 g/mol. The molecule has 2 atom stereocenters. The molecule has 0 saturated heterocycles. The third-order valence-electron chi connectivity index (χ3n) is 5.59. The van der Waals surface area contributed by atoms with E-state index in [0.717, 1.165) is 16.9 Å². The quantitative estimate of drug-likeness (QED) is 0.329. The minimum atomic E-state index is -0.389. The van der Waals surface area contributed by atoms with Crippen molar-refractivity contribution in [3.8, 4) is 0 Å². The van der Waals surface area contributed by atoms with E-state index in [4.69, 9.17) is 4.98 Å². The van der Waals surface area contributed by atoms with Crippen LogP contribution in [0.25, 0.3) is 0 Å². The molecule has 0 aliphatic carbocycles. The minimum absolute atomic E-state index is 0.00114. The lowest BCUT2D eigenvalue weighted by Crippen LogP contribution is -2.57. The minimum Gasteiger partial charge on any atom is -0.348 e. The van der Waals surface area contributed by atoms with E-state index in [1.165, 1.54) is 0 Å². The number of nitrogens with one attached hydrogen (secondary N) is 3. The summed E-state index contributed by atoms with van der Waals surface area (Å²) in [5.41, 5.74) is 6.39. The smallest absolute Gasteiger partial charge is 0.348 e. The maximum absolute atomic E-state index is 13.0. The lowest BCUT2D eigenvalue weighted by molar-refractivity contribution is 0.241. The van der Waals surface area contributed by atoms with E-state index < -0.39 is 0 Å². The molecule has 2 heterocycles. The van der Waals surface area contributed by atoms with Crippen molar-refractivity contribution in [1.82, 2.24) is 20.0 Å². The molecular formula is C26H24N7O+. The van der Waals surface area contributed by atoms with Crippen LogP contribution in [0.5, 0.6) is 0 Å². The number of carbonyl (C=O) groups excluding carboxylic acids is 1. The van der Waals surface area contributed by atoms with E-state index in [1.54, 1.807) is 18.6 Å². The van der Waals surface area contributed by atoms with Crippen LogP contribution < -0.4 is 20.7 Å². The van der Waals surface area contributed by atoms with E-state index >= 15 is 0 Å². The van der Waals surface area contributed by atoms with Crippen molar-refractivity contribution < 1.29 is 4.79 Å². The van der Waals surface area contributed by atoms with Crippen LogP contribution in [0.4, 0.5) is 33.6 Å². The van der Waals surface area contributed by atoms with Gasteiger partial charge in [-0.05, 0) is 30.7 Å². The van der Waals surface area contributed by atoms with Crippen molar-refractivity contribution in [3.05, 3.63) is 103 Å². The first-order chi connectivity index (χ1) is 16.6. The molecule has 0 spiro atoms. The summed E-state index contributed by atoms with van der Waals surface area (Å²) in [7, 11) is 0. The van der Waals surface area contributed by atoms with Crippen LogP contribution >= 0.6 is 0 Å². The number of hydrogen-bond acceptors (Lipinski definition) is 5. The lowest BCUT2D eigenvalue weighted by atomic mass is 10.1. The summed E-state index contributed by atoms with van der Waals surface area (Å²) in [5.74, 6) is 1.00. The maximum Gasteiger partial charge on any atom is 0.364 e. The van der Waals surface area contributed by atoms with Gasteiger partial charge in [0.1, 0.15) is 5.69 Å². The molecule has 1 aromatic heterocycles. The van der Waals surface area contributed by atoms with Crippen LogP contribution in [0.15, 0.2) is 102 Å². The maximum atomic E-state index is 13.0. The molecule has 1 aliphatic heterocycles. The summed E-state index contributed by atoms with van der Waals surface area (Å²) < 4.78 is -0.175. The van der Waals surface area contributed by atoms with E-state index in [9.17, 15) is 4.79 Å². The first-order valence-corrected chi connectivity index (χ1v) is 11.0. The van der Waals surface area contributed by atoms with Crippen molar-refractivity contribution in [2.45, 2.75) is 13.0 Å². The van der Waals surface area contributed by atoms with Gasteiger partial charge in [-0.1, -0.05) is 65.3 Å². The monoisotopic (exact) mass is 450 g/mol. The van der Waals surface area contributed by atoms with Gasteiger partial charge in [-0.2, -0.15) is 15.4 Å². The second kappa shape index (κ2) is 9.13. The van der Waals surface area contributed by atoms with Gasteiger partial charge >= 0.3 is 6.03 Å². The summed E-state index contributed by atoms with van der Waals surface area (Å²) in [6, 6.07) is 28.4. The fourth-order valence-electron chi connectivity index (χ4n) is 3.89. The molecule has 3 aromatic carbocycles. The highest BCUT2D eigenvalue weighted by atomic mass is 16.2.